The first-order valence-corrected chi connectivity index (χ1v) is 9.67. The number of aromatic nitrogens is 3. The number of anilines is 1. The van der Waals surface area contributed by atoms with Gasteiger partial charge in [-0.1, -0.05) is 6.07 Å². The van der Waals surface area contributed by atoms with Crippen LogP contribution in [0.1, 0.15) is 37.9 Å². The molecule has 3 rings (SSSR count). The fourth-order valence-electron chi connectivity index (χ4n) is 2.65. The molecule has 2 aromatic heterocycles. The topological polar surface area (TPSA) is 91.9 Å². The van der Waals surface area contributed by atoms with E-state index in [0.29, 0.717) is 19.5 Å². The molecule has 0 spiro atoms. The van der Waals surface area contributed by atoms with Gasteiger partial charge in [-0.3, -0.25) is 0 Å². The van der Waals surface area contributed by atoms with E-state index < -0.39 is 5.60 Å². The summed E-state index contributed by atoms with van der Waals surface area (Å²) in [4.78, 5) is 19.4. The molecule has 1 amide bonds. The Morgan fingerprint density at radius 3 is 2.81 bits per heavy atom. The second kappa shape index (κ2) is 7.96. The molecule has 1 aromatic carbocycles. The van der Waals surface area contributed by atoms with Crippen molar-refractivity contribution >= 4 is 33.7 Å². The van der Waals surface area contributed by atoms with E-state index in [-0.39, 0.29) is 6.09 Å². The zero-order valence-corrected chi connectivity index (χ0v) is 16.9. The molecule has 144 valence electrons. The highest BCUT2D eigenvalue weighted by Crippen LogP contribution is 2.19. The number of aryl methyl sites for hydroxylation is 1. The van der Waals surface area contributed by atoms with Crippen LogP contribution < -0.4 is 10.6 Å². The fraction of sp³-hybridized carbons (Fsp3) is 0.421. The minimum absolute atomic E-state index is 0.390. The van der Waals surface area contributed by atoms with E-state index in [0.717, 1.165) is 27.6 Å². The van der Waals surface area contributed by atoms with Crippen molar-refractivity contribution in [3.8, 4) is 0 Å². The molecule has 3 N–H and O–H groups in total. The maximum atomic E-state index is 11.7. The number of rotatable bonds is 6. The Morgan fingerprint density at radius 2 is 2.11 bits per heavy atom. The summed E-state index contributed by atoms with van der Waals surface area (Å²) in [6.45, 7) is 8.65. The molecule has 0 saturated heterocycles. The molecule has 0 radical (unpaired) electrons. The van der Waals surface area contributed by atoms with Crippen LogP contribution in [-0.4, -0.2) is 32.6 Å². The van der Waals surface area contributed by atoms with Crippen molar-refractivity contribution < 1.29 is 9.53 Å². The number of fused-ring (bicyclic) bond motifs is 1. The molecule has 27 heavy (non-hydrogen) atoms. The number of nitrogens with zero attached hydrogens (tertiary/aromatic N) is 2. The van der Waals surface area contributed by atoms with Gasteiger partial charge >= 0.3 is 6.09 Å². The van der Waals surface area contributed by atoms with Crippen LogP contribution in [0.5, 0.6) is 0 Å². The van der Waals surface area contributed by atoms with Crippen LogP contribution in [0.2, 0.25) is 0 Å². The summed E-state index contributed by atoms with van der Waals surface area (Å²) >= 11 is 1.37. The maximum Gasteiger partial charge on any atom is 0.407 e. The van der Waals surface area contributed by atoms with Gasteiger partial charge in [0, 0.05) is 42.3 Å². The van der Waals surface area contributed by atoms with Gasteiger partial charge in [0.1, 0.15) is 11.4 Å². The summed E-state index contributed by atoms with van der Waals surface area (Å²) in [6.07, 6.45) is 0.324. The number of nitrogens with one attached hydrogen (secondary N) is 3. The molecule has 0 bridgehead atoms. The Bertz CT molecular complexity index is 926. The third-order valence-electron chi connectivity index (χ3n) is 3.77. The van der Waals surface area contributed by atoms with E-state index >= 15 is 0 Å². The van der Waals surface area contributed by atoms with Gasteiger partial charge in [0.25, 0.3) is 0 Å². The van der Waals surface area contributed by atoms with E-state index in [1.165, 1.54) is 17.1 Å². The van der Waals surface area contributed by atoms with E-state index in [9.17, 15) is 4.79 Å². The molecule has 3 aromatic rings. The van der Waals surface area contributed by atoms with Crippen molar-refractivity contribution in [2.24, 2.45) is 0 Å². The maximum absolute atomic E-state index is 11.7. The number of carbonyl (C=O) groups excluding carboxylic acids is 1. The summed E-state index contributed by atoms with van der Waals surface area (Å²) in [6, 6.07) is 8.42. The first-order chi connectivity index (χ1) is 12.8. The largest absolute Gasteiger partial charge is 0.444 e. The minimum atomic E-state index is -0.483. The van der Waals surface area contributed by atoms with Crippen molar-refractivity contribution in [2.45, 2.75) is 46.3 Å². The Morgan fingerprint density at radius 1 is 1.30 bits per heavy atom. The number of ether oxygens (including phenoxy) is 1. The standard InChI is InChI=1S/C19H25N5O2S/c1-12-22-17(27-24-12)21-11-13-5-6-16-14(9-13)10-15(23-16)7-8-20-18(25)26-19(2,3)4/h5-6,9-10,23H,7-8,11H2,1-4H3,(H,20,25)(H,21,22,24). The Balaban J connectivity index is 1.54. The van der Waals surface area contributed by atoms with Gasteiger partial charge in [0.2, 0.25) is 5.13 Å². The van der Waals surface area contributed by atoms with Crippen molar-refractivity contribution in [1.82, 2.24) is 19.7 Å². The molecule has 0 atom stereocenters. The highest BCUT2D eigenvalue weighted by atomic mass is 32.1. The average molecular weight is 388 g/mol. The molecular formula is C19H25N5O2S. The number of benzene rings is 1. The normalized spacial score (nSPS) is 11.6. The lowest BCUT2D eigenvalue weighted by atomic mass is 10.1. The molecule has 0 saturated carbocycles. The second-order valence-corrected chi connectivity index (χ2v) is 8.15. The summed E-state index contributed by atoms with van der Waals surface area (Å²) in [5.74, 6) is 0.785. The van der Waals surface area contributed by atoms with E-state index in [1.807, 2.05) is 27.7 Å². The summed E-state index contributed by atoms with van der Waals surface area (Å²) < 4.78 is 9.41. The first-order valence-electron chi connectivity index (χ1n) is 8.90. The van der Waals surface area contributed by atoms with Crippen LogP contribution in [0.25, 0.3) is 10.9 Å². The minimum Gasteiger partial charge on any atom is -0.444 e. The van der Waals surface area contributed by atoms with E-state index in [1.54, 1.807) is 0 Å². The number of hydrogen-bond acceptors (Lipinski definition) is 6. The van der Waals surface area contributed by atoms with E-state index in [2.05, 4.69) is 49.2 Å². The van der Waals surface area contributed by atoms with Gasteiger partial charge in [0.15, 0.2) is 0 Å². The predicted octanol–water partition coefficient (Wildman–Crippen LogP) is 4.01. The Hall–Kier alpha value is -2.61. The van der Waals surface area contributed by atoms with Crippen LogP contribution in [0.4, 0.5) is 9.93 Å². The summed E-state index contributed by atoms with van der Waals surface area (Å²) in [5, 5.41) is 8.05. The molecular weight excluding hydrogens is 362 g/mol. The summed E-state index contributed by atoms with van der Waals surface area (Å²) in [7, 11) is 0. The molecule has 0 aliphatic heterocycles. The van der Waals surface area contributed by atoms with Crippen molar-refractivity contribution in [2.75, 3.05) is 11.9 Å². The zero-order chi connectivity index (χ0) is 19.4. The first kappa shape index (κ1) is 19.2. The zero-order valence-electron chi connectivity index (χ0n) is 16.0. The lowest BCUT2D eigenvalue weighted by Crippen LogP contribution is -2.33. The van der Waals surface area contributed by atoms with E-state index in [4.69, 9.17) is 4.74 Å². The van der Waals surface area contributed by atoms with Gasteiger partial charge < -0.3 is 20.4 Å². The third-order valence-corrected chi connectivity index (χ3v) is 4.54. The number of alkyl carbamates (subject to hydrolysis) is 1. The molecule has 7 nitrogen and oxygen atoms in total. The van der Waals surface area contributed by atoms with Crippen molar-refractivity contribution in [1.29, 1.82) is 0 Å². The lowest BCUT2D eigenvalue weighted by Gasteiger charge is -2.19. The molecule has 0 aliphatic carbocycles. The lowest BCUT2D eigenvalue weighted by molar-refractivity contribution is 0.0528. The van der Waals surface area contributed by atoms with Crippen LogP contribution in [0, 0.1) is 6.92 Å². The number of hydrogen-bond donors (Lipinski definition) is 3. The quantitative estimate of drug-likeness (QED) is 0.594. The molecule has 8 heteroatoms. The smallest absolute Gasteiger partial charge is 0.407 e. The summed E-state index contributed by atoms with van der Waals surface area (Å²) in [5.41, 5.74) is 2.85. The van der Waals surface area contributed by atoms with Crippen LogP contribution in [0.3, 0.4) is 0 Å². The number of aromatic amines is 1. The molecule has 0 aliphatic rings. The van der Waals surface area contributed by atoms with Gasteiger partial charge in [0.05, 0.1) is 0 Å². The third kappa shape index (κ3) is 5.68. The Kier molecular flexibility index (Phi) is 5.65. The molecule has 0 unspecified atom stereocenters. The highest BCUT2D eigenvalue weighted by Gasteiger charge is 2.15. The van der Waals surface area contributed by atoms with Crippen LogP contribution >= 0.6 is 11.5 Å². The SMILES string of the molecule is Cc1nsc(NCc2ccc3[nH]c(CCNC(=O)OC(C)(C)C)cc3c2)n1. The molecule has 2 heterocycles. The van der Waals surface area contributed by atoms with Crippen molar-refractivity contribution in [3.05, 3.63) is 41.3 Å². The Labute approximate surface area is 162 Å². The highest BCUT2D eigenvalue weighted by molar-refractivity contribution is 7.09. The van der Waals surface area contributed by atoms with Gasteiger partial charge in [-0.05, 0) is 56.8 Å². The van der Waals surface area contributed by atoms with Crippen LogP contribution in [-0.2, 0) is 17.7 Å². The van der Waals surface area contributed by atoms with Gasteiger partial charge in [-0.2, -0.15) is 4.37 Å². The number of amides is 1. The predicted molar refractivity (Wildman–Crippen MR) is 108 cm³/mol. The monoisotopic (exact) mass is 387 g/mol. The van der Waals surface area contributed by atoms with Gasteiger partial charge in [-0.25, -0.2) is 9.78 Å². The van der Waals surface area contributed by atoms with Crippen molar-refractivity contribution in [3.63, 3.8) is 0 Å². The fourth-order valence-corrected chi connectivity index (χ4v) is 3.22. The number of carbonyl (C=O) groups is 1. The number of H-pyrrole nitrogens is 1. The van der Waals surface area contributed by atoms with Crippen LogP contribution in [0.15, 0.2) is 24.3 Å². The second-order valence-electron chi connectivity index (χ2n) is 7.40. The van der Waals surface area contributed by atoms with Gasteiger partial charge in [-0.15, -0.1) is 0 Å². The molecule has 0 fully saturated rings. The average Bonchev–Trinajstić information content (AvgIpc) is 3.16.